The van der Waals surface area contributed by atoms with Gasteiger partial charge in [-0.2, -0.15) is 0 Å². The number of Topliss-reactive ketones (excluding diaryl/α,β-unsaturated/α-hetero) is 1. The van der Waals surface area contributed by atoms with Gasteiger partial charge in [-0.15, -0.1) is 0 Å². The van der Waals surface area contributed by atoms with Crippen LogP contribution in [0.4, 0.5) is 4.79 Å². The number of hydrogen-bond donors (Lipinski definition) is 1. The second-order valence-electron chi connectivity index (χ2n) is 6.05. The van der Waals surface area contributed by atoms with E-state index in [0.717, 1.165) is 25.7 Å². The molecule has 4 heteroatoms. The Morgan fingerprint density at radius 2 is 1.94 bits per heavy atom. The van der Waals surface area contributed by atoms with E-state index in [2.05, 4.69) is 5.32 Å². The number of amides is 1. The largest absolute Gasteiger partial charge is 0.444 e. The van der Waals surface area contributed by atoms with Crippen LogP contribution in [0, 0.1) is 5.92 Å². The number of carbonyl (C=O) groups is 2. The predicted octanol–water partition coefficient (Wildman–Crippen LogP) is 3.05. The van der Waals surface area contributed by atoms with Gasteiger partial charge in [0.1, 0.15) is 11.4 Å². The van der Waals surface area contributed by atoms with Gasteiger partial charge in [0.15, 0.2) is 0 Å². The van der Waals surface area contributed by atoms with Crippen molar-refractivity contribution >= 4 is 11.9 Å². The number of hydrogen-bond acceptors (Lipinski definition) is 3. The molecule has 0 spiro atoms. The standard InChI is InChI=1S/C14H25NO3/c1-5-11(9-12(16)10-7-6-8-10)15-13(17)18-14(2,3)4/h10-11H,5-9H2,1-4H3,(H,15,17). The summed E-state index contributed by atoms with van der Waals surface area (Å²) >= 11 is 0. The van der Waals surface area contributed by atoms with Crippen molar-refractivity contribution in [1.82, 2.24) is 5.32 Å². The summed E-state index contributed by atoms with van der Waals surface area (Å²) in [6.07, 6.45) is 3.93. The zero-order valence-electron chi connectivity index (χ0n) is 11.9. The minimum atomic E-state index is -0.500. The smallest absolute Gasteiger partial charge is 0.407 e. The van der Waals surface area contributed by atoms with Gasteiger partial charge in [-0.25, -0.2) is 4.79 Å². The summed E-state index contributed by atoms with van der Waals surface area (Å²) in [6.45, 7) is 7.45. The minimum Gasteiger partial charge on any atom is -0.444 e. The number of carbonyl (C=O) groups excluding carboxylic acids is 2. The summed E-state index contributed by atoms with van der Waals surface area (Å²) in [5.74, 6) is 0.517. The molecule has 1 fully saturated rings. The second-order valence-corrected chi connectivity index (χ2v) is 6.05. The zero-order chi connectivity index (χ0) is 13.8. The van der Waals surface area contributed by atoms with E-state index in [1.165, 1.54) is 0 Å². The molecule has 1 atom stereocenters. The fourth-order valence-electron chi connectivity index (χ4n) is 1.91. The number of ketones is 1. The molecule has 0 aromatic carbocycles. The molecule has 0 heterocycles. The Balaban J connectivity index is 2.36. The molecule has 0 bridgehead atoms. The zero-order valence-corrected chi connectivity index (χ0v) is 11.9. The summed E-state index contributed by atoms with van der Waals surface area (Å²) in [6, 6.07) is -0.104. The first kappa shape index (κ1) is 15.0. The topological polar surface area (TPSA) is 55.4 Å². The summed E-state index contributed by atoms with van der Waals surface area (Å²) < 4.78 is 5.19. The van der Waals surface area contributed by atoms with Crippen LogP contribution < -0.4 is 5.32 Å². The lowest BCUT2D eigenvalue weighted by Crippen LogP contribution is -2.41. The molecule has 18 heavy (non-hydrogen) atoms. The first-order valence-electron chi connectivity index (χ1n) is 6.84. The van der Waals surface area contributed by atoms with Gasteiger partial charge in [-0.05, 0) is 40.0 Å². The highest BCUT2D eigenvalue weighted by Gasteiger charge is 2.27. The molecule has 0 radical (unpaired) electrons. The first-order valence-corrected chi connectivity index (χ1v) is 6.84. The van der Waals surface area contributed by atoms with Gasteiger partial charge in [0.25, 0.3) is 0 Å². The Labute approximate surface area is 109 Å². The highest BCUT2D eigenvalue weighted by molar-refractivity contribution is 5.82. The van der Waals surface area contributed by atoms with Crippen LogP contribution in [0.15, 0.2) is 0 Å². The summed E-state index contributed by atoms with van der Waals surface area (Å²) in [5.41, 5.74) is -0.500. The van der Waals surface area contributed by atoms with Crippen LogP contribution in [0.2, 0.25) is 0 Å². The third-order valence-electron chi connectivity index (χ3n) is 3.22. The van der Waals surface area contributed by atoms with E-state index in [-0.39, 0.29) is 17.7 Å². The minimum absolute atomic E-state index is 0.104. The second kappa shape index (κ2) is 6.21. The SMILES string of the molecule is CCC(CC(=O)C1CCC1)NC(=O)OC(C)(C)C. The van der Waals surface area contributed by atoms with Crippen molar-refractivity contribution < 1.29 is 14.3 Å². The van der Waals surface area contributed by atoms with E-state index in [4.69, 9.17) is 4.74 Å². The van der Waals surface area contributed by atoms with Crippen molar-refractivity contribution in [1.29, 1.82) is 0 Å². The molecule has 0 aromatic rings. The predicted molar refractivity (Wildman–Crippen MR) is 70.4 cm³/mol. The highest BCUT2D eigenvalue weighted by Crippen LogP contribution is 2.28. The third kappa shape index (κ3) is 5.07. The molecule has 0 aromatic heterocycles. The monoisotopic (exact) mass is 255 g/mol. The molecule has 0 saturated heterocycles. The molecule has 1 aliphatic rings. The Hall–Kier alpha value is -1.06. The van der Waals surface area contributed by atoms with Gasteiger partial charge in [0.2, 0.25) is 0 Å². The fraction of sp³-hybridized carbons (Fsp3) is 0.857. The average molecular weight is 255 g/mol. The van der Waals surface area contributed by atoms with Crippen molar-refractivity contribution in [2.45, 2.75) is 71.4 Å². The summed E-state index contributed by atoms with van der Waals surface area (Å²) in [4.78, 5) is 23.5. The van der Waals surface area contributed by atoms with Gasteiger partial charge >= 0.3 is 6.09 Å². The van der Waals surface area contributed by atoms with Crippen LogP contribution in [0.25, 0.3) is 0 Å². The van der Waals surface area contributed by atoms with Gasteiger partial charge in [-0.3, -0.25) is 4.79 Å². The van der Waals surface area contributed by atoms with Crippen molar-refractivity contribution in [2.24, 2.45) is 5.92 Å². The van der Waals surface area contributed by atoms with Crippen LogP contribution >= 0.6 is 0 Å². The van der Waals surface area contributed by atoms with E-state index in [1.54, 1.807) is 0 Å². The van der Waals surface area contributed by atoms with Gasteiger partial charge in [-0.1, -0.05) is 13.3 Å². The van der Waals surface area contributed by atoms with Gasteiger partial charge in [0, 0.05) is 18.4 Å². The van der Waals surface area contributed by atoms with Gasteiger partial charge < -0.3 is 10.1 Å². The van der Waals surface area contributed by atoms with Crippen molar-refractivity contribution in [3.63, 3.8) is 0 Å². The molecule has 1 N–H and O–H groups in total. The highest BCUT2D eigenvalue weighted by atomic mass is 16.6. The third-order valence-corrected chi connectivity index (χ3v) is 3.22. The summed E-state index contributed by atoms with van der Waals surface area (Å²) in [5, 5.41) is 2.78. The molecule has 4 nitrogen and oxygen atoms in total. The van der Waals surface area contributed by atoms with Crippen LogP contribution in [0.3, 0.4) is 0 Å². The molecule has 0 aliphatic heterocycles. The maximum Gasteiger partial charge on any atom is 0.407 e. The molecular formula is C14H25NO3. The lowest BCUT2D eigenvalue weighted by Gasteiger charge is -2.27. The maximum absolute atomic E-state index is 11.9. The van der Waals surface area contributed by atoms with Crippen molar-refractivity contribution in [3.05, 3.63) is 0 Å². The van der Waals surface area contributed by atoms with Crippen LogP contribution in [-0.4, -0.2) is 23.5 Å². The molecule has 1 saturated carbocycles. The van der Waals surface area contributed by atoms with E-state index in [9.17, 15) is 9.59 Å². The van der Waals surface area contributed by atoms with Crippen LogP contribution in [-0.2, 0) is 9.53 Å². The number of ether oxygens (including phenoxy) is 1. The molecule has 1 rings (SSSR count). The fourth-order valence-corrected chi connectivity index (χ4v) is 1.91. The molecule has 1 amide bonds. The Morgan fingerprint density at radius 1 is 1.33 bits per heavy atom. The molecule has 1 aliphatic carbocycles. The normalized spacial score (nSPS) is 17.8. The number of nitrogens with one attached hydrogen (secondary N) is 1. The number of rotatable bonds is 5. The molecule has 1 unspecified atom stereocenters. The van der Waals surface area contributed by atoms with E-state index >= 15 is 0 Å². The van der Waals surface area contributed by atoms with E-state index in [0.29, 0.717) is 6.42 Å². The van der Waals surface area contributed by atoms with Crippen LogP contribution in [0.1, 0.15) is 59.8 Å². The quantitative estimate of drug-likeness (QED) is 0.821. The van der Waals surface area contributed by atoms with Gasteiger partial charge in [0.05, 0.1) is 0 Å². The van der Waals surface area contributed by atoms with Crippen molar-refractivity contribution in [2.75, 3.05) is 0 Å². The average Bonchev–Trinajstić information content (AvgIpc) is 2.10. The Bertz CT molecular complexity index is 303. The van der Waals surface area contributed by atoms with Crippen molar-refractivity contribution in [3.8, 4) is 0 Å². The van der Waals surface area contributed by atoms with E-state index < -0.39 is 11.7 Å². The van der Waals surface area contributed by atoms with Crippen LogP contribution in [0.5, 0.6) is 0 Å². The first-order chi connectivity index (χ1) is 8.31. The lowest BCUT2D eigenvalue weighted by atomic mass is 9.80. The van der Waals surface area contributed by atoms with E-state index in [1.807, 2.05) is 27.7 Å². The maximum atomic E-state index is 11.9. The Morgan fingerprint density at radius 3 is 2.33 bits per heavy atom. The molecular weight excluding hydrogens is 230 g/mol. The summed E-state index contributed by atoms with van der Waals surface area (Å²) in [7, 11) is 0. The Kier molecular flexibility index (Phi) is 5.17. The number of alkyl carbamates (subject to hydrolysis) is 1. The lowest BCUT2D eigenvalue weighted by molar-refractivity contribution is -0.125. The molecule has 104 valence electrons.